The maximum Gasteiger partial charge on any atom is 0.319 e. The third-order valence-electron chi connectivity index (χ3n) is 9.08. The summed E-state index contributed by atoms with van der Waals surface area (Å²) in [6, 6.07) is 5.95. The van der Waals surface area contributed by atoms with Gasteiger partial charge in [0, 0.05) is 68.2 Å². The van der Waals surface area contributed by atoms with Gasteiger partial charge in [-0.3, -0.25) is 14.6 Å². The lowest BCUT2D eigenvalue weighted by Crippen LogP contribution is -2.55. The van der Waals surface area contributed by atoms with Crippen molar-refractivity contribution in [1.82, 2.24) is 24.7 Å². The Morgan fingerprint density at radius 3 is 2.88 bits per heavy atom. The lowest BCUT2D eigenvalue weighted by molar-refractivity contribution is -0.128. The van der Waals surface area contributed by atoms with Gasteiger partial charge in [0.15, 0.2) is 0 Å². The van der Waals surface area contributed by atoms with E-state index < -0.39 is 0 Å². The Morgan fingerprint density at radius 1 is 1.27 bits per heavy atom. The fraction of sp³-hybridized carbons (Fsp3) is 0.533. The van der Waals surface area contributed by atoms with Gasteiger partial charge in [0.2, 0.25) is 5.91 Å². The van der Waals surface area contributed by atoms with Crippen molar-refractivity contribution in [2.45, 2.75) is 70.2 Å². The molecule has 0 saturated carbocycles. The van der Waals surface area contributed by atoms with Gasteiger partial charge >= 0.3 is 6.01 Å². The molecule has 2 unspecified atom stereocenters. The molecule has 3 atom stereocenters. The molecular weight excluding hydrogens is 523 g/mol. The topological polar surface area (TPSA) is 115 Å². The number of rotatable bonds is 7. The number of nitriles is 1. The monoisotopic (exact) mass is 560 g/mol. The van der Waals surface area contributed by atoms with Crippen molar-refractivity contribution < 1.29 is 13.9 Å². The highest BCUT2D eigenvalue weighted by Gasteiger charge is 2.38. The van der Waals surface area contributed by atoms with Crippen molar-refractivity contribution in [3.05, 3.63) is 53.0 Å². The number of nitrogens with zero attached hydrogens (tertiary/aromatic N) is 7. The van der Waals surface area contributed by atoms with Crippen LogP contribution in [-0.2, 0) is 24.3 Å². The highest BCUT2D eigenvalue weighted by Crippen LogP contribution is 2.43. The number of carbonyl (C=O) groups is 1. The third-order valence-corrected chi connectivity index (χ3v) is 9.08. The summed E-state index contributed by atoms with van der Waals surface area (Å²) in [6.07, 6.45) is 5.41. The quantitative estimate of drug-likeness (QED) is 0.403. The van der Waals surface area contributed by atoms with Crippen molar-refractivity contribution in [2.24, 2.45) is 0 Å². The predicted molar refractivity (Wildman–Crippen MR) is 152 cm³/mol. The Balaban J connectivity index is 1.30. The summed E-state index contributed by atoms with van der Waals surface area (Å²) in [5.41, 5.74) is 9.96. The van der Waals surface area contributed by atoms with Crippen molar-refractivity contribution >= 4 is 17.4 Å². The summed E-state index contributed by atoms with van der Waals surface area (Å²) >= 11 is 0. The molecule has 1 aromatic heterocycles. The number of nitrogens with two attached hydrogens (primary N) is 1. The number of nitrogen functional groups attached to an aromatic ring is 1. The van der Waals surface area contributed by atoms with Crippen LogP contribution in [0.5, 0.6) is 6.01 Å². The molecule has 4 aliphatic rings. The molecule has 2 aromatic rings. The van der Waals surface area contributed by atoms with Crippen LogP contribution in [0.3, 0.4) is 0 Å². The number of amides is 1. The van der Waals surface area contributed by atoms with E-state index in [9.17, 15) is 10.1 Å². The molecule has 216 valence electrons. The van der Waals surface area contributed by atoms with Crippen LogP contribution in [0.4, 0.5) is 15.9 Å². The summed E-state index contributed by atoms with van der Waals surface area (Å²) in [4.78, 5) is 30.7. The molecule has 4 heterocycles. The van der Waals surface area contributed by atoms with Crippen LogP contribution in [0.2, 0.25) is 0 Å². The SMILES string of the molecule is C=CC(=O)N1CCN(c2nc(OCN3CCCC3C)nc3c2CN(C2CCc4cc(N)cc(F)c42)C3)C[C@@H]1CC#N. The third kappa shape index (κ3) is 5.22. The molecule has 1 amide bonds. The normalized spacial score (nSPS) is 24.3. The number of fused-ring (bicyclic) bond motifs is 2. The van der Waals surface area contributed by atoms with Gasteiger partial charge in [0.05, 0.1) is 24.2 Å². The highest BCUT2D eigenvalue weighted by atomic mass is 19.1. The lowest BCUT2D eigenvalue weighted by atomic mass is 10.1. The molecule has 0 bridgehead atoms. The van der Waals surface area contributed by atoms with Crippen LogP contribution in [0, 0.1) is 17.1 Å². The zero-order valence-electron chi connectivity index (χ0n) is 23.6. The largest absolute Gasteiger partial charge is 0.447 e. The average Bonchev–Trinajstić information content (AvgIpc) is 3.69. The van der Waals surface area contributed by atoms with Crippen LogP contribution >= 0.6 is 0 Å². The highest BCUT2D eigenvalue weighted by molar-refractivity contribution is 5.87. The Bertz CT molecular complexity index is 1390. The van der Waals surface area contributed by atoms with E-state index in [0.29, 0.717) is 57.2 Å². The van der Waals surface area contributed by atoms with Crippen LogP contribution in [0.25, 0.3) is 0 Å². The number of benzene rings is 1. The number of halogens is 1. The number of piperazine rings is 1. The minimum Gasteiger partial charge on any atom is -0.447 e. The fourth-order valence-electron chi connectivity index (χ4n) is 6.93. The molecule has 0 radical (unpaired) electrons. The molecule has 2 fully saturated rings. The number of aromatic nitrogens is 2. The van der Waals surface area contributed by atoms with E-state index in [1.165, 1.54) is 12.1 Å². The number of aryl methyl sites for hydroxylation is 1. The summed E-state index contributed by atoms with van der Waals surface area (Å²) in [6.45, 7) is 9.88. The van der Waals surface area contributed by atoms with Gasteiger partial charge in [-0.2, -0.15) is 15.2 Å². The van der Waals surface area contributed by atoms with E-state index in [4.69, 9.17) is 20.4 Å². The molecule has 11 heteroatoms. The molecule has 2 N–H and O–H groups in total. The number of likely N-dealkylation sites (tertiary alicyclic amines) is 1. The van der Waals surface area contributed by atoms with Gasteiger partial charge in [0.1, 0.15) is 18.4 Å². The first-order chi connectivity index (χ1) is 19.9. The zero-order chi connectivity index (χ0) is 28.7. The smallest absolute Gasteiger partial charge is 0.319 e. The van der Waals surface area contributed by atoms with E-state index in [1.807, 2.05) is 6.07 Å². The maximum atomic E-state index is 15.1. The molecule has 10 nitrogen and oxygen atoms in total. The van der Waals surface area contributed by atoms with Crippen LogP contribution < -0.4 is 15.4 Å². The van der Waals surface area contributed by atoms with Gasteiger partial charge in [0.25, 0.3) is 0 Å². The van der Waals surface area contributed by atoms with E-state index >= 15 is 4.39 Å². The molecule has 6 rings (SSSR count). The second kappa shape index (κ2) is 11.3. The average molecular weight is 561 g/mol. The first kappa shape index (κ1) is 27.4. The van der Waals surface area contributed by atoms with Gasteiger partial charge in [-0.1, -0.05) is 6.58 Å². The standard InChI is InChI=1S/C30H37FN8O2/c1-3-27(40)39-12-11-36(15-22(39)8-9-32)29-23-16-38(26-7-6-20-13-21(33)14-24(31)28(20)26)17-25(23)34-30(35-29)41-18-37-10-4-5-19(37)2/h3,13-14,19,22,26H,1,4-8,10-12,15-18,33H2,2H3/t19?,22-,26?/m0/s1. The van der Waals surface area contributed by atoms with Crippen LogP contribution in [0.1, 0.15) is 61.0 Å². The second-order valence-corrected chi connectivity index (χ2v) is 11.6. The van der Waals surface area contributed by atoms with Crippen molar-refractivity contribution in [3.8, 4) is 12.1 Å². The zero-order valence-corrected chi connectivity index (χ0v) is 23.6. The Kier molecular flexibility index (Phi) is 7.53. The van der Waals surface area contributed by atoms with Gasteiger partial charge in [-0.05, 0) is 56.4 Å². The van der Waals surface area contributed by atoms with Gasteiger partial charge < -0.3 is 20.3 Å². The van der Waals surface area contributed by atoms with E-state index in [0.717, 1.165) is 60.4 Å². The minimum absolute atomic E-state index is 0.0733. The predicted octanol–water partition coefficient (Wildman–Crippen LogP) is 3.14. The first-order valence-electron chi connectivity index (χ1n) is 14.5. The minimum atomic E-state index is -0.279. The molecule has 3 aliphatic heterocycles. The fourth-order valence-corrected chi connectivity index (χ4v) is 6.93. The number of carbonyl (C=O) groups excluding carboxylic acids is 1. The molecule has 1 aliphatic carbocycles. The summed E-state index contributed by atoms with van der Waals surface area (Å²) < 4.78 is 21.3. The number of hydrogen-bond donors (Lipinski definition) is 1. The molecule has 2 saturated heterocycles. The lowest BCUT2D eigenvalue weighted by Gasteiger charge is -2.41. The molecular formula is C30H37FN8O2. The van der Waals surface area contributed by atoms with Crippen LogP contribution in [0.15, 0.2) is 24.8 Å². The van der Waals surface area contributed by atoms with Crippen LogP contribution in [-0.4, -0.2) is 75.6 Å². The maximum absolute atomic E-state index is 15.1. The van der Waals surface area contributed by atoms with E-state index in [2.05, 4.69) is 34.3 Å². The Hall–Kier alpha value is -3.75. The molecule has 0 spiro atoms. The van der Waals surface area contributed by atoms with Crippen molar-refractivity contribution in [3.63, 3.8) is 0 Å². The second-order valence-electron chi connectivity index (χ2n) is 11.6. The number of hydrogen-bond acceptors (Lipinski definition) is 9. The van der Waals surface area contributed by atoms with Crippen molar-refractivity contribution in [1.29, 1.82) is 5.26 Å². The Morgan fingerprint density at radius 2 is 2.12 bits per heavy atom. The molecule has 41 heavy (non-hydrogen) atoms. The number of anilines is 2. The summed E-state index contributed by atoms with van der Waals surface area (Å²) in [5.74, 6) is 0.345. The Labute approximate surface area is 240 Å². The first-order valence-corrected chi connectivity index (χ1v) is 14.5. The number of ether oxygens (including phenoxy) is 1. The van der Waals surface area contributed by atoms with Gasteiger partial charge in [-0.15, -0.1) is 0 Å². The van der Waals surface area contributed by atoms with E-state index in [1.54, 1.807) is 4.90 Å². The van der Waals surface area contributed by atoms with E-state index in [-0.39, 0.29) is 30.2 Å². The summed E-state index contributed by atoms with van der Waals surface area (Å²) in [7, 11) is 0. The summed E-state index contributed by atoms with van der Waals surface area (Å²) in [5, 5.41) is 9.49. The van der Waals surface area contributed by atoms with Crippen molar-refractivity contribution in [2.75, 3.05) is 43.5 Å². The van der Waals surface area contributed by atoms with Gasteiger partial charge in [-0.25, -0.2) is 4.39 Å². The molecule has 1 aromatic carbocycles.